The van der Waals surface area contributed by atoms with Gasteiger partial charge < -0.3 is 29.7 Å². The van der Waals surface area contributed by atoms with Crippen molar-refractivity contribution in [3.05, 3.63) is 47.5 Å². The lowest BCUT2D eigenvalue weighted by Crippen LogP contribution is -2.35. The van der Waals surface area contributed by atoms with Crippen LogP contribution in [0.15, 0.2) is 36.4 Å². The fourth-order valence-electron chi connectivity index (χ4n) is 3.11. The normalized spacial score (nSPS) is 12.6. The topological polar surface area (TPSA) is 89.1 Å². The summed E-state index contributed by atoms with van der Waals surface area (Å²) in [6.45, 7) is 1.07. The fraction of sp³-hybridized carbons (Fsp3) is 0.300. The highest BCUT2D eigenvalue weighted by molar-refractivity contribution is 6.00. The number of nitrogens with one attached hydrogen (secondary N) is 2. The number of benzene rings is 2. The highest BCUT2D eigenvalue weighted by Crippen LogP contribution is 2.29. The van der Waals surface area contributed by atoms with Gasteiger partial charge in [-0.3, -0.25) is 0 Å². The quantitative estimate of drug-likeness (QED) is 0.841. The van der Waals surface area contributed by atoms with E-state index in [0.29, 0.717) is 36.0 Å². The van der Waals surface area contributed by atoms with E-state index >= 15 is 0 Å². The molecule has 0 atom stereocenters. The van der Waals surface area contributed by atoms with E-state index < -0.39 is 6.03 Å². The van der Waals surface area contributed by atoms with Crippen molar-refractivity contribution in [3.8, 4) is 11.5 Å². The number of hydrogen-bond acceptors (Lipinski definition) is 5. The van der Waals surface area contributed by atoms with E-state index in [9.17, 15) is 9.59 Å². The summed E-state index contributed by atoms with van der Waals surface area (Å²) in [6, 6.07) is 10.4. The molecule has 3 amide bonds. The van der Waals surface area contributed by atoms with Crippen LogP contribution in [0.3, 0.4) is 0 Å². The Morgan fingerprint density at radius 3 is 2.50 bits per heavy atom. The predicted molar refractivity (Wildman–Crippen MR) is 105 cm³/mol. The summed E-state index contributed by atoms with van der Waals surface area (Å²) in [7, 11) is 4.45. The van der Waals surface area contributed by atoms with Crippen LogP contribution in [0.1, 0.15) is 11.1 Å². The molecule has 0 saturated carbocycles. The Balaban J connectivity index is 1.69. The molecule has 0 spiro atoms. The maximum Gasteiger partial charge on any atom is 0.409 e. The highest BCUT2D eigenvalue weighted by atomic mass is 16.5. The van der Waals surface area contributed by atoms with E-state index in [1.54, 1.807) is 30.2 Å². The molecular formula is C20H23N3O5. The molecule has 1 heterocycles. The summed E-state index contributed by atoms with van der Waals surface area (Å²) in [4.78, 5) is 25.8. The Labute approximate surface area is 163 Å². The summed E-state index contributed by atoms with van der Waals surface area (Å²) in [5, 5.41) is 5.57. The van der Waals surface area contributed by atoms with E-state index in [2.05, 4.69) is 10.6 Å². The van der Waals surface area contributed by atoms with Crippen molar-refractivity contribution in [2.24, 2.45) is 0 Å². The molecule has 8 nitrogen and oxygen atoms in total. The second kappa shape index (κ2) is 8.51. The zero-order valence-corrected chi connectivity index (χ0v) is 16.1. The van der Waals surface area contributed by atoms with Crippen molar-refractivity contribution in [3.63, 3.8) is 0 Å². The second-order valence-corrected chi connectivity index (χ2v) is 6.27. The third-order valence-corrected chi connectivity index (χ3v) is 4.57. The van der Waals surface area contributed by atoms with Crippen molar-refractivity contribution in [2.45, 2.75) is 13.0 Å². The van der Waals surface area contributed by atoms with Crippen LogP contribution in [-0.4, -0.2) is 44.9 Å². The lowest BCUT2D eigenvalue weighted by Gasteiger charge is -2.28. The van der Waals surface area contributed by atoms with Gasteiger partial charge in [0.05, 0.1) is 27.0 Å². The molecule has 148 valence electrons. The first kappa shape index (κ1) is 19.3. The predicted octanol–water partition coefficient (Wildman–Crippen LogP) is 3.47. The molecule has 0 aliphatic carbocycles. The number of anilines is 2. The largest absolute Gasteiger partial charge is 0.497 e. The molecule has 0 radical (unpaired) electrons. The molecule has 28 heavy (non-hydrogen) atoms. The van der Waals surface area contributed by atoms with Crippen LogP contribution in [0.25, 0.3) is 0 Å². The Morgan fingerprint density at radius 1 is 0.964 bits per heavy atom. The van der Waals surface area contributed by atoms with Crippen molar-refractivity contribution in [1.29, 1.82) is 0 Å². The molecule has 0 saturated heterocycles. The van der Waals surface area contributed by atoms with Gasteiger partial charge in [0.2, 0.25) is 0 Å². The Bertz CT molecular complexity index is 884. The van der Waals surface area contributed by atoms with Gasteiger partial charge in [-0.05, 0) is 41.8 Å². The van der Waals surface area contributed by atoms with Crippen LogP contribution in [0, 0.1) is 0 Å². The minimum absolute atomic E-state index is 0.353. The lowest BCUT2D eigenvalue weighted by molar-refractivity contribution is 0.118. The third-order valence-electron chi connectivity index (χ3n) is 4.57. The standard InChI is InChI=1S/C20H23N3O5/c1-26-16-6-7-17(18(11-16)27-2)22-19(24)21-15-5-4-13-8-9-23(20(25)28-3)12-14(13)10-15/h4-7,10-11H,8-9,12H2,1-3H3,(H2,21,22,24). The zero-order chi connectivity index (χ0) is 20.1. The number of urea groups is 1. The fourth-order valence-corrected chi connectivity index (χ4v) is 3.11. The summed E-state index contributed by atoms with van der Waals surface area (Å²) < 4.78 is 15.2. The summed E-state index contributed by atoms with van der Waals surface area (Å²) in [5.41, 5.74) is 3.30. The Morgan fingerprint density at radius 2 is 1.79 bits per heavy atom. The average Bonchev–Trinajstić information content (AvgIpc) is 2.72. The number of ether oxygens (including phenoxy) is 3. The van der Waals surface area contributed by atoms with Crippen LogP contribution in [0.5, 0.6) is 11.5 Å². The molecular weight excluding hydrogens is 362 g/mol. The molecule has 1 aliphatic rings. The number of fused-ring (bicyclic) bond motifs is 1. The smallest absolute Gasteiger partial charge is 0.409 e. The number of rotatable bonds is 4. The van der Waals surface area contributed by atoms with Crippen molar-refractivity contribution in [2.75, 3.05) is 38.5 Å². The first-order valence-electron chi connectivity index (χ1n) is 8.78. The zero-order valence-electron chi connectivity index (χ0n) is 16.1. The van der Waals surface area contributed by atoms with Crippen LogP contribution in [0.2, 0.25) is 0 Å². The number of nitrogens with zero attached hydrogens (tertiary/aromatic N) is 1. The SMILES string of the molecule is COC(=O)N1CCc2ccc(NC(=O)Nc3ccc(OC)cc3OC)cc2C1. The van der Waals surface area contributed by atoms with Crippen molar-refractivity contribution >= 4 is 23.5 Å². The van der Waals surface area contributed by atoms with Gasteiger partial charge in [0.15, 0.2) is 0 Å². The van der Waals surface area contributed by atoms with Crippen LogP contribution >= 0.6 is 0 Å². The highest BCUT2D eigenvalue weighted by Gasteiger charge is 2.21. The Kier molecular flexibility index (Phi) is 5.88. The first-order valence-corrected chi connectivity index (χ1v) is 8.78. The van der Waals surface area contributed by atoms with E-state index in [4.69, 9.17) is 14.2 Å². The Hall–Kier alpha value is -3.42. The molecule has 0 fully saturated rings. The minimum atomic E-state index is -0.399. The molecule has 0 aromatic heterocycles. The molecule has 1 aliphatic heterocycles. The van der Waals surface area contributed by atoms with Gasteiger partial charge >= 0.3 is 12.1 Å². The second-order valence-electron chi connectivity index (χ2n) is 6.27. The van der Waals surface area contributed by atoms with Gasteiger partial charge in [-0.1, -0.05) is 6.07 Å². The number of carbonyl (C=O) groups is 2. The molecule has 2 N–H and O–H groups in total. The first-order chi connectivity index (χ1) is 13.5. The van der Waals surface area contributed by atoms with Gasteiger partial charge in [-0.2, -0.15) is 0 Å². The van der Waals surface area contributed by atoms with E-state index in [1.807, 2.05) is 18.2 Å². The molecule has 8 heteroatoms. The van der Waals surface area contributed by atoms with Gasteiger partial charge in [-0.25, -0.2) is 9.59 Å². The maximum atomic E-state index is 12.4. The van der Waals surface area contributed by atoms with E-state index in [1.165, 1.54) is 14.2 Å². The summed E-state index contributed by atoms with van der Waals surface area (Å²) >= 11 is 0. The van der Waals surface area contributed by atoms with Crippen LogP contribution in [0.4, 0.5) is 21.0 Å². The van der Waals surface area contributed by atoms with Crippen molar-refractivity contribution < 1.29 is 23.8 Å². The number of methoxy groups -OCH3 is 3. The number of carbonyl (C=O) groups excluding carboxylic acids is 2. The number of hydrogen-bond donors (Lipinski definition) is 2. The van der Waals surface area contributed by atoms with Crippen molar-refractivity contribution in [1.82, 2.24) is 4.90 Å². The maximum absolute atomic E-state index is 12.4. The average molecular weight is 385 g/mol. The summed E-state index contributed by atoms with van der Waals surface area (Å²) in [6.07, 6.45) is 0.397. The third kappa shape index (κ3) is 4.28. The van der Waals surface area contributed by atoms with Gasteiger partial charge in [-0.15, -0.1) is 0 Å². The monoisotopic (exact) mass is 385 g/mol. The van der Waals surface area contributed by atoms with E-state index in [0.717, 1.165) is 17.5 Å². The van der Waals surface area contributed by atoms with Crippen LogP contribution < -0.4 is 20.1 Å². The molecule has 2 aromatic carbocycles. The lowest BCUT2D eigenvalue weighted by atomic mass is 9.99. The van der Waals surface area contributed by atoms with Gasteiger partial charge in [0.25, 0.3) is 0 Å². The van der Waals surface area contributed by atoms with Gasteiger partial charge in [0, 0.05) is 24.8 Å². The van der Waals surface area contributed by atoms with E-state index in [-0.39, 0.29) is 6.09 Å². The molecule has 0 bridgehead atoms. The molecule has 3 rings (SSSR count). The van der Waals surface area contributed by atoms with Crippen LogP contribution in [-0.2, 0) is 17.7 Å². The molecule has 2 aromatic rings. The minimum Gasteiger partial charge on any atom is -0.497 e. The molecule has 0 unspecified atom stereocenters. The summed E-state index contributed by atoms with van der Waals surface area (Å²) in [5.74, 6) is 1.13. The number of amides is 3. The van der Waals surface area contributed by atoms with Gasteiger partial charge in [0.1, 0.15) is 11.5 Å².